The molecule has 3 heterocycles. The Labute approximate surface area is 149 Å². The van der Waals surface area contributed by atoms with Crippen LogP contribution in [-0.4, -0.2) is 46.8 Å². The monoisotopic (exact) mass is 347 g/mol. The number of likely N-dealkylation sites (tertiary alicyclic amines) is 1. The lowest BCUT2D eigenvalue weighted by atomic mass is 9.98. The van der Waals surface area contributed by atoms with Crippen molar-refractivity contribution < 1.29 is 14.1 Å². The second-order valence-electron chi connectivity index (χ2n) is 7.86. The summed E-state index contributed by atoms with van der Waals surface area (Å²) in [5, 5.41) is 7.25. The maximum absolute atomic E-state index is 12.5. The van der Waals surface area contributed by atoms with Crippen molar-refractivity contribution in [3.05, 3.63) is 17.0 Å². The molecule has 3 fully saturated rings. The van der Waals surface area contributed by atoms with Crippen molar-refractivity contribution in [3.63, 3.8) is 0 Å². The van der Waals surface area contributed by atoms with Crippen molar-refractivity contribution in [1.82, 2.24) is 15.4 Å². The van der Waals surface area contributed by atoms with Gasteiger partial charge >= 0.3 is 0 Å². The van der Waals surface area contributed by atoms with Gasteiger partial charge < -0.3 is 14.6 Å². The summed E-state index contributed by atoms with van der Waals surface area (Å²) in [6.07, 6.45) is 7.46. The van der Waals surface area contributed by atoms with Crippen LogP contribution in [0.5, 0.6) is 0 Å². The van der Waals surface area contributed by atoms with Crippen LogP contribution in [0.4, 0.5) is 0 Å². The van der Waals surface area contributed by atoms with E-state index < -0.39 is 0 Å². The van der Waals surface area contributed by atoms with Gasteiger partial charge in [0.05, 0.1) is 11.8 Å². The van der Waals surface area contributed by atoms with E-state index in [1.54, 1.807) is 0 Å². The summed E-state index contributed by atoms with van der Waals surface area (Å²) < 4.78 is 11.5. The van der Waals surface area contributed by atoms with Gasteiger partial charge in [-0.1, -0.05) is 18.0 Å². The number of fused-ring (bicyclic) bond motifs is 1. The Morgan fingerprint density at radius 3 is 2.72 bits per heavy atom. The van der Waals surface area contributed by atoms with Crippen LogP contribution in [-0.2, 0) is 16.1 Å². The second kappa shape index (κ2) is 7.08. The van der Waals surface area contributed by atoms with Crippen molar-refractivity contribution in [1.29, 1.82) is 0 Å². The molecule has 1 saturated carbocycles. The molecule has 2 saturated heterocycles. The molecule has 1 N–H and O–H groups in total. The zero-order chi connectivity index (χ0) is 17.4. The van der Waals surface area contributed by atoms with Gasteiger partial charge in [0.2, 0.25) is 5.91 Å². The molecule has 4 rings (SSSR count). The molecule has 0 radical (unpaired) electrons. The molecule has 3 atom stereocenters. The number of nitrogens with zero attached hydrogens (tertiary/aromatic N) is 2. The Kier molecular flexibility index (Phi) is 4.82. The molecule has 1 amide bonds. The first-order valence-corrected chi connectivity index (χ1v) is 9.73. The largest absolute Gasteiger partial charge is 0.363 e. The smallest absolute Gasteiger partial charge is 0.249 e. The fourth-order valence-corrected chi connectivity index (χ4v) is 4.70. The third kappa shape index (κ3) is 3.47. The molecular formula is C19H29N3O3. The number of nitrogens with one attached hydrogen (secondary N) is 1. The van der Waals surface area contributed by atoms with E-state index in [0.29, 0.717) is 12.1 Å². The second-order valence-corrected chi connectivity index (χ2v) is 7.86. The number of aryl methyl sites for hydroxylation is 2. The maximum atomic E-state index is 12.5. The lowest BCUT2D eigenvalue weighted by molar-refractivity contribution is -0.144. The van der Waals surface area contributed by atoms with Gasteiger partial charge in [0.15, 0.2) is 0 Å². The average molecular weight is 347 g/mol. The van der Waals surface area contributed by atoms with Gasteiger partial charge in [0.25, 0.3) is 0 Å². The molecule has 0 unspecified atom stereocenters. The minimum absolute atomic E-state index is 0.106. The van der Waals surface area contributed by atoms with Crippen molar-refractivity contribution >= 4 is 5.91 Å². The highest BCUT2D eigenvalue weighted by molar-refractivity contribution is 5.81. The van der Waals surface area contributed by atoms with E-state index >= 15 is 0 Å². The minimum atomic E-state index is -0.263. The molecule has 0 spiro atoms. The Hall–Kier alpha value is -1.40. The van der Waals surface area contributed by atoms with E-state index in [2.05, 4.69) is 15.4 Å². The Bertz CT molecular complexity index is 604. The number of aromatic nitrogens is 1. The highest BCUT2D eigenvalue weighted by Gasteiger charge is 2.42. The molecule has 3 aliphatic rings. The first kappa shape index (κ1) is 17.0. The van der Waals surface area contributed by atoms with Crippen LogP contribution >= 0.6 is 0 Å². The molecule has 0 bridgehead atoms. The SMILES string of the molecule is Cc1noc(C)c1CN1CC[C@H]2O[C@@H](C(=O)NC3CCCC3)CC[C@H]21. The summed E-state index contributed by atoms with van der Waals surface area (Å²) in [7, 11) is 0. The van der Waals surface area contributed by atoms with Gasteiger partial charge in [0, 0.05) is 30.7 Å². The van der Waals surface area contributed by atoms with Crippen molar-refractivity contribution in [3.8, 4) is 0 Å². The van der Waals surface area contributed by atoms with Crippen LogP contribution in [0, 0.1) is 13.8 Å². The first-order chi connectivity index (χ1) is 12.1. The summed E-state index contributed by atoms with van der Waals surface area (Å²) in [5.74, 6) is 1.01. The van der Waals surface area contributed by atoms with Crippen LogP contribution in [0.25, 0.3) is 0 Å². The van der Waals surface area contributed by atoms with Gasteiger partial charge in [-0.25, -0.2) is 0 Å². The van der Waals surface area contributed by atoms with Crippen LogP contribution in [0.3, 0.4) is 0 Å². The van der Waals surface area contributed by atoms with E-state index in [1.807, 2.05) is 13.8 Å². The maximum Gasteiger partial charge on any atom is 0.249 e. The number of amides is 1. The predicted molar refractivity (Wildman–Crippen MR) is 93.1 cm³/mol. The molecule has 1 aromatic heterocycles. The predicted octanol–water partition coefficient (Wildman–Crippen LogP) is 2.47. The molecule has 138 valence electrons. The number of carbonyl (C=O) groups excluding carboxylic acids is 1. The fraction of sp³-hybridized carbons (Fsp3) is 0.789. The number of carbonyl (C=O) groups is 1. The molecule has 6 heteroatoms. The zero-order valence-electron chi connectivity index (χ0n) is 15.3. The Morgan fingerprint density at radius 2 is 2.00 bits per heavy atom. The van der Waals surface area contributed by atoms with Gasteiger partial charge in [0.1, 0.15) is 11.9 Å². The minimum Gasteiger partial charge on any atom is -0.363 e. The van der Waals surface area contributed by atoms with Crippen LogP contribution in [0.2, 0.25) is 0 Å². The van der Waals surface area contributed by atoms with Gasteiger partial charge in [-0.2, -0.15) is 0 Å². The van der Waals surface area contributed by atoms with E-state index in [9.17, 15) is 4.79 Å². The van der Waals surface area contributed by atoms with Crippen molar-refractivity contribution in [2.75, 3.05) is 6.54 Å². The number of hydrogen-bond acceptors (Lipinski definition) is 5. The lowest BCUT2D eigenvalue weighted by Crippen LogP contribution is -2.49. The molecule has 25 heavy (non-hydrogen) atoms. The summed E-state index contributed by atoms with van der Waals surface area (Å²) in [6.45, 7) is 5.85. The molecule has 2 aliphatic heterocycles. The molecule has 6 nitrogen and oxygen atoms in total. The number of hydrogen-bond donors (Lipinski definition) is 1. The van der Waals surface area contributed by atoms with E-state index in [0.717, 1.165) is 56.6 Å². The molecule has 0 aromatic carbocycles. The van der Waals surface area contributed by atoms with E-state index in [1.165, 1.54) is 18.4 Å². The van der Waals surface area contributed by atoms with Crippen molar-refractivity contribution in [2.45, 2.75) is 89.6 Å². The van der Waals surface area contributed by atoms with E-state index in [-0.39, 0.29) is 18.1 Å². The Morgan fingerprint density at radius 1 is 1.20 bits per heavy atom. The van der Waals surface area contributed by atoms with Crippen LogP contribution < -0.4 is 5.32 Å². The lowest BCUT2D eigenvalue weighted by Gasteiger charge is -2.35. The highest BCUT2D eigenvalue weighted by Crippen LogP contribution is 2.33. The van der Waals surface area contributed by atoms with Crippen LogP contribution in [0.15, 0.2) is 4.52 Å². The molecular weight excluding hydrogens is 318 g/mol. The molecule has 1 aliphatic carbocycles. The standard InChI is InChI=1S/C19H29N3O3/c1-12-15(13(2)25-21-12)11-22-10-9-17-16(22)7-8-18(24-17)19(23)20-14-5-3-4-6-14/h14,16-18H,3-11H2,1-2H3,(H,20,23)/t16-,17-,18-/m1/s1. The Balaban J connectivity index is 1.34. The third-order valence-corrected chi connectivity index (χ3v) is 6.20. The van der Waals surface area contributed by atoms with Crippen LogP contribution in [0.1, 0.15) is 62.0 Å². The fourth-order valence-electron chi connectivity index (χ4n) is 4.70. The normalized spacial score (nSPS) is 30.6. The topological polar surface area (TPSA) is 67.6 Å². The number of rotatable bonds is 4. The van der Waals surface area contributed by atoms with Gasteiger partial charge in [-0.05, 0) is 46.0 Å². The quantitative estimate of drug-likeness (QED) is 0.906. The third-order valence-electron chi connectivity index (χ3n) is 6.20. The zero-order valence-corrected chi connectivity index (χ0v) is 15.3. The number of ether oxygens (including phenoxy) is 1. The van der Waals surface area contributed by atoms with E-state index in [4.69, 9.17) is 9.26 Å². The van der Waals surface area contributed by atoms with Gasteiger partial charge in [-0.3, -0.25) is 9.69 Å². The summed E-state index contributed by atoms with van der Waals surface area (Å²) in [4.78, 5) is 15.0. The summed E-state index contributed by atoms with van der Waals surface area (Å²) in [5.41, 5.74) is 2.17. The van der Waals surface area contributed by atoms with Crippen molar-refractivity contribution in [2.24, 2.45) is 0 Å². The molecule has 1 aromatic rings. The summed E-state index contributed by atoms with van der Waals surface area (Å²) >= 11 is 0. The average Bonchev–Trinajstić information content (AvgIpc) is 3.32. The first-order valence-electron chi connectivity index (χ1n) is 9.73. The highest BCUT2D eigenvalue weighted by atomic mass is 16.5. The van der Waals surface area contributed by atoms with Gasteiger partial charge in [-0.15, -0.1) is 0 Å². The summed E-state index contributed by atoms with van der Waals surface area (Å²) in [6, 6.07) is 0.776.